The summed E-state index contributed by atoms with van der Waals surface area (Å²) in [5.74, 6) is -1.97. The summed E-state index contributed by atoms with van der Waals surface area (Å²) >= 11 is 0. The first-order valence-electron chi connectivity index (χ1n) is 4.14. The summed E-state index contributed by atoms with van der Waals surface area (Å²) in [6.45, 7) is 1.30. The molecule has 0 aliphatic heterocycles. The molecule has 5 heteroatoms. The number of benzene rings is 1. The number of carbonyl (C=O) groups is 1. The number of halogens is 1. The van der Waals surface area contributed by atoms with Gasteiger partial charge in [-0.25, -0.2) is 9.18 Å². The summed E-state index contributed by atoms with van der Waals surface area (Å²) in [6.07, 6.45) is -1.13. The number of ether oxygens (including phenoxy) is 1. The van der Waals surface area contributed by atoms with Crippen LogP contribution in [0.15, 0.2) is 18.2 Å². The van der Waals surface area contributed by atoms with Crippen molar-refractivity contribution >= 4 is 5.97 Å². The fourth-order valence-electron chi connectivity index (χ4n) is 0.952. The highest BCUT2D eigenvalue weighted by Gasteiger charge is 2.16. The van der Waals surface area contributed by atoms with Crippen LogP contribution in [0.3, 0.4) is 0 Å². The van der Waals surface area contributed by atoms with E-state index in [0.29, 0.717) is 0 Å². The lowest BCUT2D eigenvalue weighted by atomic mass is 10.2. The number of hydrogen-bond donors (Lipinski definition) is 1. The number of carboxylic acid groups (broad SMARTS) is 1. The topological polar surface area (TPSA) is 70.3 Å². The van der Waals surface area contributed by atoms with Crippen molar-refractivity contribution in [2.45, 2.75) is 13.0 Å². The molecule has 0 heterocycles. The summed E-state index contributed by atoms with van der Waals surface area (Å²) in [5.41, 5.74) is -0.286. The third-order valence-electron chi connectivity index (χ3n) is 1.74. The highest BCUT2D eigenvalue weighted by Crippen LogP contribution is 2.21. The average Bonchev–Trinajstić information content (AvgIpc) is 2.18. The number of aliphatic carboxylic acids is 1. The smallest absolute Gasteiger partial charge is 0.344 e. The fourth-order valence-corrected chi connectivity index (χ4v) is 0.952. The Bertz CT molecular complexity index is 425. The second kappa shape index (κ2) is 4.42. The van der Waals surface area contributed by atoms with E-state index in [1.165, 1.54) is 19.1 Å². The molecule has 15 heavy (non-hydrogen) atoms. The molecule has 0 bridgehead atoms. The zero-order chi connectivity index (χ0) is 11.4. The minimum Gasteiger partial charge on any atom is -0.479 e. The molecule has 0 fully saturated rings. The zero-order valence-electron chi connectivity index (χ0n) is 7.90. The maximum absolute atomic E-state index is 13.1. The predicted molar refractivity (Wildman–Crippen MR) is 48.8 cm³/mol. The van der Waals surface area contributed by atoms with E-state index < -0.39 is 17.9 Å². The van der Waals surface area contributed by atoms with E-state index in [0.717, 1.165) is 6.07 Å². The molecule has 0 aromatic heterocycles. The molecule has 78 valence electrons. The van der Waals surface area contributed by atoms with Crippen LogP contribution in [-0.4, -0.2) is 17.2 Å². The van der Waals surface area contributed by atoms with E-state index in [2.05, 4.69) is 0 Å². The van der Waals surface area contributed by atoms with Crippen molar-refractivity contribution in [1.82, 2.24) is 0 Å². The highest BCUT2D eigenvalue weighted by atomic mass is 19.1. The minimum atomic E-state index is -1.18. The van der Waals surface area contributed by atoms with Crippen LogP contribution in [0.25, 0.3) is 0 Å². The van der Waals surface area contributed by atoms with Crippen LogP contribution in [0.5, 0.6) is 5.75 Å². The van der Waals surface area contributed by atoms with Gasteiger partial charge in [0.15, 0.2) is 6.10 Å². The minimum absolute atomic E-state index is 0.0626. The van der Waals surface area contributed by atoms with Crippen LogP contribution in [0.1, 0.15) is 12.5 Å². The first kappa shape index (κ1) is 11.0. The maximum atomic E-state index is 13.1. The summed E-state index contributed by atoms with van der Waals surface area (Å²) in [4.78, 5) is 10.5. The second-order valence-electron chi connectivity index (χ2n) is 2.82. The zero-order valence-corrected chi connectivity index (χ0v) is 7.90. The van der Waals surface area contributed by atoms with Gasteiger partial charge < -0.3 is 9.84 Å². The summed E-state index contributed by atoms with van der Waals surface area (Å²) in [5, 5.41) is 17.2. The van der Waals surface area contributed by atoms with Gasteiger partial charge in [-0.1, -0.05) is 6.07 Å². The Labute approximate surface area is 85.5 Å². The summed E-state index contributed by atoms with van der Waals surface area (Å²) in [6, 6.07) is 5.42. The molecule has 1 rings (SSSR count). The molecule has 0 spiro atoms. The van der Waals surface area contributed by atoms with Gasteiger partial charge in [-0.3, -0.25) is 0 Å². The van der Waals surface area contributed by atoms with Crippen LogP contribution in [0, 0.1) is 17.1 Å². The third-order valence-corrected chi connectivity index (χ3v) is 1.74. The number of carboxylic acids is 1. The van der Waals surface area contributed by atoms with E-state index in [1.807, 2.05) is 0 Å². The van der Waals surface area contributed by atoms with Crippen LogP contribution in [0.4, 0.5) is 4.39 Å². The van der Waals surface area contributed by atoms with Crippen LogP contribution in [-0.2, 0) is 4.79 Å². The van der Waals surface area contributed by atoms with Crippen molar-refractivity contribution in [2.24, 2.45) is 0 Å². The molecule has 1 aromatic carbocycles. The van der Waals surface area contributed by atoms with Crippen LogP contribution < -0.4 is 4.74 Å². The molecule has 0 unspecified atom stereocenters. The first-order chi connectivity index (χ1) is 7.06. The lowest BCUT2D eigenvalue weighted by Gasteiger charge is -2.11. The van der Waals surface area contributed by atoms with E-state index >= 15 is 0 Å². The second-order valence-corrected chi connectivity index (χ2v) is 2.82. The lowest BCUT2D eigenvalue weighted by molar-refractivity contribution is -0.144. The Morgan fingerprint density at radius 1 is 1.67 bits per heavy atom. The van der Waals surface area contributed by atoms with Crippen molar-refractivity contribution in [3.8, 4) is 11.8 Å². The number of rotatable bonds is 3. The molecular formula is C10H8FNO3. The average molecular weight is 209 g/mol. The van der Waals surface area contributed by atoms with Gasteiger partial charge in [0.1, 0.15) is 23.2 Å². The Hall–Kier alpha value is -2.09. The van der Waals surface area contributed by atoms with E-state index in [4.69, 9.17) is 15.1 Å². The molecule has 4 nitrogen and oxygen atoms in total. The summed E-state index contributed by atoms with van der Waals surface area (Å²) in [7, 11) is 0. The number of hydrogen-bond acceptors (Lipinski definition) is 3. The fraction of sp³-hybridized carbons (Fsp3) is 0.200. The lowest BCUT2D eigenvalue weighted by Crippen LogP contribution is -2.23. The molecular weight excluding hydrogens is 201 g/mol. The Balaban J connectivity index is 3.01. The molecule has 1 N–H and O–H groups in total. The van der Waals surface area contributed by atoms with Crippen molar-refractivity contribution < 1.29 is 19.0 Å². The SMILES string of the molecule is C[C@H](Oc1cccc(F)c1C#N)C(=O)O. The Kier molecular flexibility index (Phi) is 3.24. The van der Waals surface area contributed by atoms with Gasteiger partial charge in [-0.05, 0) is 19.1 Å². The quantitative estimate of drug-likeness (QED) is 0.819. The van der Waals surface area contributed by atoms with Crippen molar-refractivity contribution in [3.05, 3.63) is 29.6 Å². The normalized spacial score (nSPS) is 11.5. The van der Waals surface area contributed by atoms with Crippen molar-refractivity contribution in [3.63, 3.8) is 0 Å². The van der Waals surface area contributed by atoms with Gasteiger partial charge in [0.05, 0.1) is 0 Å². The van der Waals surface area contributed by atoms with Crippen LogP contribution >= 0.6 is 0 Å². The Morgan fingerprint density at radius 3 is 2.87 bits per heavy atom. The summed E-state index contributed by atoms with van der Waals surface area (Å²) < 4.78 is 18.0. The van der Waals surface area contributed by atoms with Gasteiger partial charge in [0.2, 0.25) is 0 Å². The molecule has 0 aliphatic carbocycles. The van der Waals surface area contributed by atoms with Gasteiger partial charge in [0.25, 0.3) is 0 Å². The van der Waals surface area contributed by atoms with Gasteiger partial charge in [0, 0.05) is 0 Å². The monoisotopic (exact) mass is 209 g/mol. The van der Waals surface area contributed by atoms with E-state index in [1.54, 1.807) is 6.07 Å². The predicted octanol–water partition coefficient (Wildman–Crippen LogP) is 1.55. The molecule has 0 aliphatic rings. The van der Waals surface area contributed by atoms with E-state index in [9.17, 15) is 9.18 Å². The maximum Gasteiger partial charge on any atom is 0.344 e. The third kappa shape index (κ3) is 2.44. The van der Waals surface area contributed by atoms with Crippen molar-refractivity contribution in [1.29, 1.82) is 5.26 Å². The first-order valence-corrected chi connectivity index (χ1v) is 4.14. The van der Waals surface area contributed by atoms with Crippen LogP contribution in [0.2, 0.25) is 0 Å². The number of nitriles is 1. The van der Waals surface area contributed by atoms with Gasteiger partial charge in [-0.2, -0.15) is 5.26 Å². The van der Waals surface area contributed by atoms with Gasteiger partial charge >= 0.3 is 5.97 Å². The van der Waals surface area contributed by atoms with Gasteiger partial charge in [-0.15, -0.1) is 0 Å². The molecule has 0 saturated heterocycles. The standard InChI is InChI=1S/C10H8FNO3/c1-6(10(13)14)15-9-4-2-3-8(11)7(9)5-12/h2-4,6H,1H3,(H,13,14)/t6-/m0/s1. The molecule has 0 saturated carbocycles. The van der Waals surface area contributed by atoms with Crippen molar-refractivity contribution in [2.75, 3.05) is 0 Å². The largest absolute Gasteiger partial charge is 0.479 e. The highest BCUT2D eigenvalue weighted by molar-refractivity contribution is 5.72. The Morgan fingerprint density at radius 2 is 2.33 bits per heavy atom. The van der Waals surface area contributed by atoms with E-state index in [-0.39, 0.29) is 11.3 Å². The molecule has 1 aromatic rings. The molecule has 1 atom stereocenters. The molecule has 0 amide bonds. The molecule has 0 radical (unpaired) electrons. The number of nitrogens with zero attached hydrogens (tertiary/aromatic N) is 1.